The highest BCUT2D eigenvalue weighted by Gasteiger charge is 2.14. The van der Waals surface area contributed by atoms with Gasteiger partial charge in [-0.05, 0) is 37.1 Å². The van der Waals surface area contributed by atoms with Crippen LogP contribution in [0.4, 0.5) is 0 Å². The van der Waals surface area contributed by atoms with Crippen LogP contribution in [-0.4, -0.2) is 25.6 Å². The molecule has 3 aromatic rings. The van der Waals surface area contributed by atoms with Gasteiger partial charge in [-0.3, -0.25) is 4.57 Å². The molecular weight excluding hydrogens is 306 g/mol. The van der Waals surface area contributed by atoms with Crippen LogP contribution >= 0.6 is 11.8 Å². The normalized spacial score (nSPS) is 12.3. The summed E-state index contributed by atoms with van der Waals surface area (Å²) in [6.45, 7) is 4.00. The van der Waals surface area contributed by atoms with Crippen molar-refractivity contribution in [3.8, 4) is 5.69 Å². The van der Waals surface area contributed by atoms with E-state index in [2.05, 4.69) is 29.3 Å². The molecule has 23 heavy (non-hydrogen) atoms. The van der Waals surface area contributed by atoms with Gasteiger partial charge in [-0.15, -0.1) is 10.2 Å². The van der Waals surface area contributed by atoms with Gasteiger partial charge in [0.15, 0.2) is 5.16 Å². The fourth-order valence-corrected chi connectivity index (χ4v) is 3.39. The summed E-state index contributed by atoms with van der Waals surface area (Å²) in [6, 6.07) is 17.9. The topological polar surface area (TPSA) is 50.9 Å². The summed E-state index contributed by atoms with van der Waals surface area (Å²) in [7, 11) is 0. The molecule has 1 atom stereocenters. The first kappa shape index (κ1) is 15.8. The van der Waals surface area contributed by atoms with Gasteiger partial charge in [0.1, 0.15) is 5.82 Å². The average Bonchev–Trinajstić information content (AvgIpc) is 2.94. The number of benzene rings is 2. The molecule has 0 bridgehead atoms. The van der Waals surface area contributed by atoms with E-state index in [-0.39, 0.29) is 0 Å². The highest BCUT2D eigenvalue weighted by atomic mass is 32.2. The van der Waals surface area contributed by atoms with Gasteiger partial charge < -0.3 is 5.11 Å². The van der Waals surface area contributed by atoms with E-state index >= 15 is 0 Å². The van der Waals surface area contributed by atoms with Gasteiger partial charge >= 0.3 is 0 Å². The van der Waals surface area contributed by atoms with Gasteiger partial charge in [-0.25, -0.2) is 0 Å². The van der Waals surface area contributed by atoms with Gasteiger partial charge in [0.2, 0.25) is 0 Å². The number of aliphatic hydroxyl groups excluding tert-OH is 1. The lowest BCUT2D eigenvalue weighted by molar-refractivity contribution is 0.204. The number of hydrogen-bond donors (Lipinski definition) is 1. The zero-order valence-corrected chi connectivity index (χ0v) is 14.0. The Hall–Kier alpha value is -2.11. The minimum atomic E-state index is -0.524. The van der Waals surface area contributed by atoms with E-state index in [0.717, 1.165) is 22.2 Å². The summed E-state index contributed by atoms with van der Waals surface area (Å²) in [4.78, 5) is 0. The summed E-state index contributed by atoms with van der Waals surface area (Å²) in [5.74, 6) is 1.38. The summed E-state index contributed by atoms with van der Waals surface area (Å²) in [5, 5.41) is 19.5. The molecule has 0 aliphatic heterocycles. The van der Waals surface area contributed by atoms with E-state index in [1.165, 1.54) is 17.3 Å². The van der Waals surface area contributed by atoms with Gasteiger partial charge in [-0.1, -0.05) is 54.2 Å². The second-order valence-electron chi connectivity index (χ2n) is 5.44. The lowest BCUT2D eigenvalue weighted by Gasteiger charge is -2.12. The molecule has 5 heteroatoms. The fourth-order valence-electron chi connectivity index (χ4n) is 2.43. The van der Waals surface area contributed by atoms with Gasteiger partial charge in [0.25, 0.3) is 0 Å². The highest BCUT2D eigenvalue weighted by Crippen LogP contribution is 2.26. The van der Waals surface area contributed by atoms with Crippen LogP contribution in [0.1, 0.15) is 23.1 Å². The van der Waals surface area contributed by atoms with Crippen LogP contribution in [0.15, 0.2) is 59.8 Å². The second kappa shape index (κ2) is 6.98. The van der Waals surface area contributed by atoms with Crippen LogP contribution in [0.25, 0.3) is 5.69 Å². The van der Waals surface area contributed by atoms with Crippen LogP contribution < -0.4 is 0 Å². The van der Waals surface area contributed by atoms with Crippen molar-refractivity contribution in [3.63, 3.8) is 0 Å². The molecule has 0 spiro atoms. The fraction of sp³-hybridized carbons (Fsp3) is 0.222. The van der Waals surface area contributed by atoms with Crippen molar-refractivity contribution in [3.05, 3.63) is 71.5 Å². The van der Waals surface area contributed by atoms with E-state index in [1.54, 1.807) is 0 Å². The van der Waals surface area contributed by atoms with E-state index in [0.29, 0.717) is 5.75 Å². The minimum absolute atomic E-state index is 0.524. The van der Waals surface area contributed by atoms with Crippen LogP contribution in [-0.2, 0) is 0 Å². The van der Waals surface area contributed by atoms with Crippen molar-refractivity contribution < 1.29 is 5.11 Å². The summed E-state index contributed by atoms with van der Waals surface area (Å²) < 4.78 is 2.02. The van der Waals surface area contributed by atoms with Crippen molar-refractivity contribution in [2.45, 2.75) is 25.1 Å². The molecule has 1 aromatic heterocycles. The van der Waals surface area contributed by atoms with Crippen molar-refractivity contribution >= 4 is 11.8 Å². The van der Waals surface area contributed by atoms with E-state index in [1.807, 2.05) is 54.0 Å². The minimum Gasteiger partial charge on any atom is -0.388 e. The smallest absolute Gasteiger partial charge is 0.195 e. The number of aryl methyl sites for hydroxylation is 2. The Morgan fingerprint density at radius 2 is 1.83 bits per heavy atom. The first-order valence-corrected chi connectivity index (χ1v) is 8.48. The Bertz CT molecular complexity index is 786. The van der Waals surface area contributed by atoms with Crippen LogP contribution in [0, 0.1) is 13.8 Å². The Balaban J connectivity index is 1.79. The molecule has 2 aromatic carbocycles. The molecule has 0 radical (unpaired) electrons. The van der Waals surface area contributed by atoms with Gasteiger partial charge in [0.05, 0.1) is 6.10 Å². The maximum Gasteiger partial charge on any atom is 0.195 e. The van der Waals surface area contributed by atoms with Crippen LogP contribution in [0.2, 0.25) is 0 Å². The van der Waals surface area contributed by atoms with E-state index in [9.17, 15) is 5.11 Å². The number of aromatic nitrogens is 3. The summed E-state index contributed by atoms with van der Waals surface area (Å²) in [6.07, 6.45) is -0.524. The molecule has 118 valence electrons. The Morgan fingerprint density at radius 1 is 1.04 bits per heavy atom. The maximum atomic E-state index is 10.3. The number of nitrogens with zero attached hydrogens (tertiary/aromatic N) is 3. The zero-order chi connectivity index (χ0) is 16.2. The molecule has 0 fully saturated rings. The SMILES string of the molecule is Cc1cccc(-n2c(C)nnc2SCC(O)c2ccccc2)c1. The molecule has 1 unspecified atom stereocenters. The second-order valence-corrected chi connectivity index (χ2v) is 6.43. The van der Waals surface area contributed by atoms with Crippen LogP contribution in [0.3, 0.4) is 0 Å². The summed E-state index contributed by atoms with van der Waals surface area (Å²) >= 11 is 1.51. The van der Waals surface area contributed by atoms with Crippen LogP contribution in [0.5, 0.6) is 0 Å². The van der Waals surface area contributed by atoms with Crippen molar-refractivity contribution in [1.29, 1.82) is 0 Å². The van der Waals surface area contributed by atoms with Crippen molar-refractivity contribution in [2.24, 2.45) is 0 Å². The Morgan fingerprint density at radius 3 is 2.57 bits per heavy atom. The lowest BCUT2D eigenvalue weighted by Crippen LogP contribution is -2.03. The molecule has 3 rings (SSSR count). The number of aliphatic hydroxyl groups is 1. The molecule has 4 nitrogen and oxygen atoms in total. The molecule has 1 heterocycles. The number of hydrogen-bond acceptors (Lipinski definition) is 4. The molecule has 0 aliphatic rings. The van der Waals surface area contributed by atoms with Gasteiger partial charge in [0, 0.05) is 11.4 Å². The molecule has 1 N–H and O–H groups in total. The third-order valence-electron chi connectivity index (χ3n) is 3.61. The van der Waals surface area contributed by atoms with Crippen molar-refractivity contribution in [1.82, 2.24) is 14.8 Å². The van der Waals surface area contributed by atoms with Gasteiger partial charge in [-0.2, -0.15) is 0 Å². The number of rotatable bonds is 5. The standard InChI is InChI=1S/C18H19N3OS/c1-13-7-6-10-16(11-13)21-14(2)19-20-18(21)23-12-17(22)15-8-4-3-5-9-15/h3-11,17,22H,12H2,1-2H3. The lowest BCUT2D eigenvalue weighted by atomic mass is 10.1. The average molecular weight is 325 g/mol. The molecule has 0 saturated heterocycles. The Labute approximate surface area is 140 Å². The number of thioether (sulfide) groups is 1. The maximum absolute atomic E-state index is 10.3. The molecule has 0 aliphatic carbocycles. The molecular formula is C18H19N3OS. The summed E-state index contributed by atoms with van der Waals surface area (Å²) in [5.41, 5.74) is 3.15. The first-order valence-electron chi connectivity index (χ1n) is 7.50. The third kappa shape index (κ3) is 3.63. The van der Waals surface area contributed by atoms with E-state index in [4.69, 9.17) is 0 Å². The third-order valence-corrected chi connectivity index (χ3v) is 4.61. The van der Waals surface area contributed by atoms with Crippen molar-refractivity contribution in [2.75, 3.05) is 5.75 Å². The highest BCUT2D eigenvalue weighted by molar-refractivity contribution is 7.99. The Kier molecular flexibility index (Phi) is 4.79. The predicted octanol–water partition coefficient (Wildman–Crippen LogP) is 3.71. The quantitative estimate of drug-likeness (QED) is 0.727. The zero-order valence-electron chi connectivity index (χ0n) is 13.2. The largest absolute Gasteiger partial charge is 0.388 e. The van der Waals surface area contributed by atoms with E-state index < -0.39 is 6.10 Å². The predicted molar refractivity (Wildman–Crippen MR) is 93.0 cm³/mol. The molecule has 0 amide bonds. The molecule has 0 saturated carbocycles. The monoisotopic (exact) mass is 325 g/mol. The first-order chi connectivity index (χ1) is 11.1.